The fraction of sp³-hybridized carbons (Fsp3) is 0.323. The van der Waals surface area contributed by atoms with Crippen molar-refractivity contribution >= 4 is 36.4 Å². The summed E-state index contributed by atoms with van der Waals surface area (Å²) in [6.07, 6.45) is -2.12. The highest BCUT2D eigenvalue weighted by molar-refractivity contribution is 7.04. The molecule has 1 fully saturated rings. The molecule has 1 heterocycles. The zero-order chi connectivity index (χ0) is 27.3. The maximum atomic E-state index is 12.6. The van der Waals surface area contributed by atoms with Gasteiger partial charge in [0, 0.05) is 32.2 Å². The summed E-state index contributed by atoms with van der Waals surface area (Å²) in [6.45, 7) is 6.15. The summed E-state index contributed by atoms with van der Waals surface area (Å²) >= 11 is 0. The number of hydrogen-bond acceptors (Lipinski definition) is 6. The van der Waals surface area contributed by atoms with Gasteiger partial charge in [-0.1, -0.05) is 108 Å². The summed E-state index contributed by atoms with van der Waals surface area (Å²) in [5, 5.41) is 2.20. The smallest absolute Gasteiger partial charge is 0.303 e. The van der Waals surface area contributed by atoms with Crippen molar-refractivity contribution in [1.82, 2.24) is 0 Å². The molecule has 0 aliphatic carbocycles. The Kier molecular flexibility index (Phi) is 8.47. The van der Waals surface area contributed by atoms with Crippen LogP contribution in [0.5, 0.6) is 0 Å². The van der Waals surface area contributed by atoms with Crippen LogP contribution in [0.15, 0.2) is 91.0 Å². The van der Waals surface area contributed by atoms with Crippen LogP contribution in [-0.2, 0) is 28.6 Å². The van der Waals surface area contributed by atoms with Crippen molar-refractivity contribution in [3.8, 4) is 0 Å². The average molecular weight is 531 g/mol. The van der Waals surface area contributed by atoms with Crippen molar-refractivity contribution in [2.24, 2.45) is 0 Å². The molecule has 0 saturated carbocycles. The molecule has 198 valence electrons. The van der Waals surface area contributed by atoms with Crippen molar-refractivity contribution in [2.45, 2.75) is 63.5 Å². The van der Waals surface area contributed by atoms with Crippen LogP contribution in [0.2, 0.25) is 11.6 Å². The van der Waals surface area contributed by atoms with Crippen LogP contribution in [0.25, 0.3) is 0 Å². The molecule has 1 unspecified atom stereocenters. The molecule has 1 aliphatic rings. The number of carbonyl (C=O) groups is 3. The Morgan fingerprint density at radius 2 is 1.18 bits per heavy atom. The highest BCUT2D eigenvalue weighted by Gasteiger charge is 2.64. The lowest BCUT2D eigenvalue weighted by Crippen LogP contribution is -2.63. The van der Waals surface area contributed by atoms with Crippen LogP contribution in [0.1, 0.15) is 39.2 Å². The first-order chi connectivity index (χ1) is 18.2. The molecule has 1 aliphatic heterocycles. The van der Waals surface area contributed by atoms with Crippen molar-refractivity contribution in [3.05, 3.63) is 96.6 Å². The Morgan fingerprint density at radius 3 is 1.63 bits per heavy atom. The Labute approximate surface area is 224 Å². The van der Waals surface area contributed by atoms with Gasteiger partial charge < -0.3 is 14.2 Å². The maximum absolute atomic E-state index is 12.6. The molecule has 0 radical (unpaired) electrons. The van der Waals surface area contributed by atoms with Crippen LogP contribution in [0.3, 0.4) is 0 Å². The normalized spacial score (nSPS) is 21.6. The van der Waals surface area contributed by atoms with Gasteiger partial charge in [0.1, 0.15) is 26.4 Å². The first-order valence-electron chi connectivity index (χ1n) is 12.9. The summed E-state index contributed by atoms with van der Waals surface area (Å²) in [7, 11) is -2.93. The number of ether oxygens (including phenoxy) is 3. The molecule has 0 spiro atoms. The van der Waals surface area contributed by atoms with E-state index >= 15 is 0 Å². The minimum Gasteiger partial charge on any atom is -0.462 e. The standard InChI is InChI=1S/C31H34O6Si/c1-21(25-14-8-5-9-15-25)29(36-23(3)33)31-30(37-24(4)34)28(35-22(2)32)20-38(31,26-16-10-6-11-17-26)27-18-12-7-13-19-27/h5-19,21,28-31H,20H2,1-4H3/t21?,28-,29+,30-,31+/m0/s1. The van der Waals surface area contributed by atoms with E-state index in [0.717, 1.165) is 15.9 Å². The molecule has 1 saturated heterocycles. The van der Waals surface area contributed by atoms with Gasteiger partial charge in [0.2, 0.25) is 0 Å². The second-order valence-corrected chi connectivity index (χ2v) is 14.1. The Morgan fingerprint density at radius 1 is 0.711 bits per heavy atom. The second kappa shape index (κ2) is 11.8. The Hall–Kier alpha value is -3.71. The SMILES string of the molecule is CC(=O)O[C@@H]1[C@@H]([C@H](OC(C)=O)C(C)c2ccccc2)[Si](c2ccccc2)(c2ccccc2)C[C@@H]1OC(C)=O. The van der Waals surface area contributed by atoms with Crippen molar-refractivity contribution in [3.63, 3.8) is 0 Å². The molecule has 3 aromatic rings. The van der Waals surface area contributed by atoms with E-state index in [-0.39, 0.29) is 5.92 Å². The van der Waals surface area contributed by atoms with E-state index in [4.69, 9.17) is 14.2 Å². The molecular formula is C31H34O6Si. The van der Waals surface area contributed by atoms with Gasteiger partial charge in [0.05, 0.1) is 0 Å². The van der Waals surface area contributed by atoms with Gasteiger partial charge in [-0.15, -0.1) is 0 Å². The van der Waals surface area contributed by atoms with Crippen LogP contribution in [-0.4, -0.2) is 44.3 Å². The van der Waals surface area contributed by atoms with E-state index in [1.54, 1.807) is 0 Å². The number of rotatable bonds is 8. The fourth-order valence-corrected chi connectivity index (χ4v) is 12.2. The largest absolute Gasteiger partial charge is 0.462 e. The van der Waals surface area contributed by atoms with Crippen LogP contribution >= 0.6 is 0 Å². The predicted molar refractivity (Wildman–Crippen MR) is 148 cm³/mol. The molecule has 3 aromatic carbocycles. The molecule has 5 atom stereocenters. The number of esters is 3. The first kappa shape index (κ1) is 27.3. The lowest BCUT2D eigenvalue weighted by atomic mass is 9.90. The lowest BCUT2D eigenvalue weighted by Gasteiger charge is -2.42. The number of carbonyl (C=O) groups excluding carboxylic acids is 3. The Balaban J connectivity index is 2.02. The topological polar surface area (TPSA) is 78.9 Å². The van der Waals surface area contributed by atoms with Crippen molar-refractivity contribution in [1.29, 1.82) is 0 Å². The van der Waals surface area contributed by atoms with E-state index in [9.17, 15) is 14.4 Å². The Bertz CT molecular complexity index is 1210. The molecular weight excluding hydrogens is 496 g/mol. The van der Waals surface area contributed by atoms with E-state index in [0.29, 0.717) is 6.04 Å². The van der Waals surface area contributed by atoms with Crippen LogP contribution in [0, 0.1) is 0 Å². The second-order valence-electron chi connectivity index (χ2n) is 9.93. The van der Waals surface area contributed by atoms with E-state index in [2.05, 4.69) is 24.3 Å². The summed E-state index contributed by atoms with van der Waals surface area (Å²) in [4.78, 5) is 37.4. The van der Waals surface area contributed by atoms with Gasteiger partial charge >= 0.3 is 17.9 Å². The van der Waals surface area contributed by atoms with Crippen molar-refractivity contribution < 1.29 is 28.6 Å². The average Bonchev–Trinajstić information content (AvgIpc) is 3.21. The van der Waals surface area contributed by atoms with Gasteiger partial charge in [-0.3, -0.25) is 14.4 Å². The van der Waals surface area contributed by atoms with Gasteiger partial charge in [-0.2, -0.15) is 0 Å². The van der Waals surface area contributed by atoms with E-state index in [1.807, 2.05) is 73.7 Å². The molecule has 4 rings (SSSR count). The summed E-state index contributed by atoms with van der Waals surface area (Å²) in [5.41, 5.74) is 0.569. The third kappa shape index (κ3) is 5.58. The van der Waals surface area contributed by atoms with E-state index in [1.165, 1.54) is 20.8 Å². The van der Waals surface area contributed by atoms with Gasteiger partial charge in [0.15, 0.2) is 0 Å². The van der Waals surface area contributed by atoms with Gasteiger partial charge in [0.25, 0.3) is 0 Å². The monoisotopic (exact) mass is 530 g/mol. The van der Waals surface area contributed by atoms with Gasteiger partial charge in [-0.25, -0.2) is 0 Å². The quantitative estimate of drug-likeness (QED) is 0.246. The third-order valence-electron chi connectivity index (χ3n) is 7.48. The molecule has 38 heavy (non-hydrogen) atoms. The molecule has 0 aromatic heterocycles. The third-order valence-corrected chi connectivity index (χ3v) is 13.1. The maximum Gasteiger partial charge on any atom is 0.303 e. The summed E-state index contributed by atoms with van der Waals surface area (Å²) in [6, 6.07) is 30.6. The van der Waals surface area contributed by atoms with Gasteiger partial charge in [-0.05, 0) is 11.6 Å². The number of hydrogen-bond donors (Lipinski definition) is 0. The summed E-state index contributed by atoms with van der Waals surface area (Å²) in [5.74, 6) is -1.56. The zero-order valence-corrected chi connectivity index (χ0v) is 23.2. The highest BCUT2D eigenvalue weighted by Crippen LogP contribution is 2.49. The molecule has 7 heteroatoms. The van der Waals surface area contributed by atoms with E-state index < -0.39 is 49.8 Å². The minimum absolute atomic E-state index is 0.224. The molecule has 6 nitrogen and oxygen atoms in total. The lowest BCUT2D eigenvalue weighted by molar-refractivity contribution is -0.167. The molecule has 0 amide bonds. The fourth-order valence-electron chi connectivity index (χ4n) is 6.09. The van der Waals surface area contributed by atoms with Crippen LogP contribution in [0.4, 0.5) is 0 Å². The first-order valence-corrected chi connectivity index (χ1v) is 15.2. The number of benzene rings is 3. The predicted octanol–water partition coefficient (Wildman–Crippen LogP) is 4.23. The van der Waals surface area contributed by atoms with Crippen LogP contribution < -0.4 is 10.4 Å². The molecule has 0 N–H and O–H groups in total. The van der Waals surface area contributed by atoms with Crippen molar-refractivity contribution in [2.75, 3.05) is 0 Å². The summed E-state index contributed by atoms with van der Waals surface area (Å²) < 4.78 is 18.1. The molecule has 0 bridgehead atoms. The highest BCUT2D eigenvalue weighted by atomic mass is 28.3. The zero-order valence-electron chi connectivity index (χ0n) is 22.2. The minimum atomic E-state index is -2.93.